The highest BCUT2D eigenvalue weighted by molar-refractivity contribution is 5.89. The number of aromatic amines is 1. The summed E-state index contributed by atoms with van der Waals surface area (Å²) in [5, 5.41) is 4.38. The highest BCUT2D eigenvalue weighted by Gasteiger charge is 2.36. The van der Waals surface area contributed by atoms with Crippen LogP contribution in [-0.4, -0.2) is 19.7 Å². The van der Waals surface area contributed by atoms with Gasteiger partial charge in [-0.25, -0.2) is 18.6 Å². The maximum atomic E-state index is 14.3. The van der Waals surface area contributed by atoms with E-state index >= 15 is 0 Å². The topological polar surface area (TPSA) is 50.9 Å². The van der Waals surface area contributed by atoms with Gasteiger partial charge in [0.2, 0.25) is 5.69 Å². The summed E-state index contributed by atoms with van der Waals surface area (Å²) < 4.78 is 71.7. The number of nitrogens with zero attached hydrogens (tertiary/aromatic N) is 4. The first-order chi connectivity index (χ1) is 15.3. The summed E-state index contributed by atoms with van der Waals surface area (Å²) in [4.78, 5) is 10.5. The molecule has 0 atom stereocenters. The van der Waals surface area contributed by atoms with E-state index in [1.54, 1.807) is 7.05 Å². The molecule has 2 aromatic carbocycles. The van der Waals surface area contributed by atoms with Crippen molar-refractivity contribution in [3.63, 3.8) is 0 Å². The predicted octanol–water partition coefficient (Wildman–Crippen LogP) is 6.78. The first-order valence-electron chi connectivity index (χ1n) is 9.83. The molecular formula is C23H18F5N5. The predicted molar refractivity (Wildman–Crippen MR) is 114 cm³/mol. The van der Waals surface area contributed by atoms with Gasteiger partial charge < -0.3 is 4.98 Å². The van der Waals surface area contributed by atoms with Gasteiger partial charge in [0, 0.05) is 7.05 Å². The smallest absolute Gasteiger partial charge is 0.337 e. The number of H-pyrrole nitrogens is 1. The van der Waals surface area contributed by atoms with Crippen LogP contribution in [0.2, 0.25) is 0 Å². The Hall–Kier alpha value is -3.74. The van der Waals surface area contributed by atoms with Crippen LogP contribution in [0.3, 0.4) is 0 Å². The molecule has 0 unspecified atom stereocenters. The summed E-state index contributed by atoms with van der Waals surface area (Å²) in [5.41, 5.74) is -2.13. The van der Waals surface area contributed by atoms with Crippen molar-refractivity contribution in [2.24, 2.45) is 7.05 Å². The Labute approximate surface area is 185 Å². The van der Waals surface area contributed by atoms with Gasteiger partial charge in [-0.05, 0) is 35.2 Å². The van der Waals surface area contributed by atoms with E-state index in [0.29, 0.717) is 11.8 Å². The van der Waals surface area contributed by atoms with E-state index in [1.165, 1.54) is 10.7 Å². The van der Waals surface area contributed by atoms with Crippen LogP contribution in [0.15, 0.2) is 30.3 Å². The fourth-order valence-electron chi connectivity index (χ4n) is 3.76. The molecule has 0 bridgehead atoms. The zero-order chi connectivity index (χ0) is 24.3. The highest BCUT2D eigenvalue weighted by atomic mass is 19.4. The molecule has 1 N–H and O–H groups in total. The molecule has 2 aromatic heterocycles. The number of alkyl halides is 3. The molecule has 0 fully saturated rings. The summed E-state index contributed by atoms with van der Waals surface area (Å²) >= 11 is 0. The standard InChI is InChI=1S/C23H18F5N5/c1-22(2,3)20-18(29-4)19(33(5)32-20)21-30-15-10-11(16-13(24)7-6-8-14(16)25)9-12(17(15)31-21)23(26,27)28/h6-10H,1-3,5H3,(H,30,31). The molecule has 0 spiro atoms. The maximum absolute atomic E-state index is 14.3. The molecule has 0 aliphatic rings. The van der Waals surface area contributed by atoms with Crippen LogP contribution in [0.5, 0.6) is 0 Å². The second kappa shape index (κ2) is 7.40. The Morgan fingerprint density at radius 2 is 1.70 bits per heavy atom. The Bertz CT molecular complexity index is 1410. The summed E-state index contributed by atoms with van der Waals surface area (Å²) in [6.07, 6.45) is -4.83. The number of hydrogen-bond donors (Lipinski definition) is 1. The quantitative estimate of drug-likeness (QED) is 0.266. The van der Waals surface area contributed by atoms with Gasteiger partial charge in [0.15, 0.2) is 0 Å². The normalized spacial score (nSPS) is 12.4. The third kappa shape index (κ3) is 3.73. The van der Waals surface area contributed by atoms with Crippen LogP contribution >= 0.6 is 0 Å². The molecule has 4 aromatic rings. The van der Waals surface area contributed by atoms with E-state index < -0.39 is 34.4 Å². The van der Waals surface area contributed by atoms with Crippen molar-refractivity contribution < 1.29 is 22.0 Å². The van der Waals surface area contributed by atoms with E-state index in [2.05, 4.69) is 19.9 Å². The van der Waals surface area contributed by atoms with Crippen molar-refractivity contribution in [1.29, 1.82) is 0 Å². The minimum absolute atomic E-state index is 0.00171. The fourth-order valence-corrected chi connectivity index (χ4v) is 3.76. The van der Waals surface area contributed by atoms with E-state index in [0.717, 1.165) is 18.2 Å². The molecule has 170 valence electrons. The summed E-state index contributed by atoms with van der Waals surface area (Å²) in [6.45, 7) is 13.2. The Balaban J connectivity index is 2.03. The second-order valence-corrected chi connectivity index (χ2v) is 8.63. The molecule has 4 rings (SSSR count). The molecule has 0 aliphatic heterocycles. The van der Waals surface area contributed by atoms with Crippen molar-refractivity contribution in [2.75, 3.05) is 0 Å². The zero-order valence-electron chi connectivity index (χ0n) is 18.1. The van der Waals surface area contributed by atoms with Crippen LogP contribution in [-0.2, 0) is 18.6 Å². The molecule has 0 saturated carbocycles. The fraction of sp³-hybridized carbons (Fsp3) is 0.261. The van der Waals surface area contributed by atoms with Crippen molar-refractivity contribution in [1.82, 2.24) is 19.7 Å². The number of fused-ring (bicyclic) bond motifs is 1. The van der Waals surface area contributed by atoms with Gasteiger partial charge in [0.05, 0.1) is 34.4 Å². The van der Waals surface area contributed by atoms with Gasteiger partial charge in [0.25, 0.3) is 0 Å². The molecule has 2 heterocycles. The Kier molecular flexibility index (Phi) is 5.04. The molecule has 0 aliphatic carbocycles. The molecule has 33 heavy (non-hydrogen) atoms. The summed E-state index contributed by atoms with van der Waals surface area (Å²) in [7, 11) is 1.57. The molecule has 0 radical (unpaired) electrons. The Morgan fingerprint density at radius 3 is 2.24 bits per heavy atom. The first-order valence-corrected chi connectivity index (χ1v) is 9.83. The second-order valence-electron chi connectivity index (χ2n) is 8.63. The summed E-state index contributed by atoms with van der Waals surface area (Å²) in [5.74, 6) is -1.98. The summed E-state index contributed by atoms with van der Waals surface area (Å²) in [6, 6.07) is 4.94. The lowest BCUT2D eigenvalue weighted by molar-refractivity contribution is -0.136. The third-order valence-electron chi connectivity index (χ3n) is 5.22. The molecule has 5 nitrogen and oxygen atoms in total. The molecule has 0 saturated heterocycles. The minimum Gasteiger partial charge on any atom is -0.337 e. The van der Waals surface area contributed by atoms with E-state index in [-0.39, 0.29) is 33.8 Å². The Morgan fingerprint density at radius 1 is 1.06 bits per heavy atom. The highest BCUT2D eigenvalue weighted by Crippen LogP contribution is 2.42. The number of aryl methyl sites for hydroxylation is 1. The van der Waals surface area contributed by atoms with Crippen LogP contribution in [0, 0.1) is 18.2 Å². The van der Waals surface area contributed by atoms with Gasteiger partial charge >= 0.3 is 6.18 Å². The van der Waals surface area contributed by atoms with Crippen molar-refractivity contribution in [3.05, 3.63) is 64.6 Å². The molecular weight excluding hydrogens is 441 g/mol. The number of rotatable bonds is 2. The maximum Gasteiger partial charge on any atom is 0.418 e. The van der Waals surface area contributed by atoms with Gasteiger partial charge in [-0.15, -0.1) is 0 Å². The number of aromatic nitrogens is 4. The van der Waals surface area contributed by atoms with Crippen LogP contribution < -0.4 is 0 Å². The lowest BCUT2D eigenvalue weighted by Gasteiger charge is -2.15. The number of halogens is 5. The lowest BCUT2D eigenvalue weighted by atomic mass is 9.91. The monoisotopic (exact) mass is 459 g/mol. The number of imidazole rings is 1. The lowest BCUT2D eigenvalue weighted by Crippen LogP contribution is -2.12. The minimum atomic E-state index is -4.83. The third-order valence-corrected chi connectivity index (χ3v) is 5.22. The van der Waals surface area contributed by atoms with Crippen molar-refractivity contribution in [3.8, 4) is 22.6 Å². The van der Waals surface area contributed by atoms with Gasteiger partial charge in [-0.1, -0.05) is 26.8 Å². The van der Waals surface area contributed by atoms with E-state index in [1.807, 2.05) is 20.8 Å². The van der Waals surface area contributed by atoms with Crippen LogP contribution in [0.1, 0.15) is 32.0 Å². The average Bonchev–Trinajstić information content (AvgIpc) is 3.26. The van der Waals surface area contributed by atoms with Gasteiger partial charge in [-0.2, -0.15) is 18.3 Å². The number of nitrogens with one attached hydrogen (secondary N) is 1. The van der Waals surface area contributed by atoms with E-state index in [9.17, 15) is 22.0 Å². The number of benzene rings is 2. The van der Waals surface area contributed by atoms with Gasteiger partial charge in [-0.3, -0.25) is 4.68 Å². The van der Waals surface area contributed by atoms with Gasteiger partial charge in [0.1, 0.15) is 23.2 Å². The molecule has 10 heteroatoms. The average molecular weight is 459 g/mol. The first kappa shape index (κ1) is 22.5. The molecule has 0 amide bonds. The number of hydrogen-bond acceptors (Lipinski definition) is 2. The SMILES string of the molecule is [C-]#[N+]c1c(C(C)(C)C)nn(C)c1-c1nc2cc(-c3c(F)cccc3F)cc(C(F)(F)F)c2[nH]1. The van der Waals surface area contributed by atoms with Crippen LogP contribution in [0.25, 0.3) is 38.5 Å². The largest absolute Gasteiger partial charge is 0.418 e. The van der Waals surface area contributed by atoms with E-state index in [4.69, 9.17) is 6.57 Å². The zero-order valence-corrected chi connectivity index (χ0v) is 18.1. The van der Waals surface area contributed by atoms with Crippen molar-refractivity contribution in [2.45, 2.75) is 32.4 Å². The van der Waals surface area contributed by atoms with Crippen LogP contribution in [0.4, 0.5) is 27.6 Å². The van der Waals surface area contributed by atoms with Crippen molar-refractivity contribution >= 4 is 16.7 Å².